The van der Waals surface area contributed by atoms with Crippen LogP contribution in [0.1, 0.15) is 35.7 Å². The number of rotatable bonds is 10. The van der Waals surface area contributed by atoms with Gasteiger partial charge in [0, 0.05) is 24.1 Å². The van der Waals surface area contributed by atoms with Crippen LogP contribution < -0.4 is 4.90 Å². The van der Waals surface area contributed by atoms with Crippen LogP contribution >= 0.6 is 23.1 Å². The summed E-state index contributed by atoms with van der Waals surface area (Å²) in [5.74, 6) is -0.230. The summed E-state index contributed by atoms with van der Waals surface area (Å²) in [6, 6.07) is 22.0. The molecule has 0 radical (unpaired) electrons. The van der Waals surface area contributed by atoms with Crippen molar-refractivity contribution in [1.29, 1.82) is 0 Å². The van der Waals surface area contributed by atoms with Crippen LogP contribution in [0, 0.1) is 0 Å². The van der Waals surface area contributed by atoms with E-state index in [2.05, 4.69) is 0 Å². The highest BCUT2D eigenvalue weighted by Crippen LogP contribution is 2.35. The van der Waals surface area contributed by atoms with E-state index in [-0.39, 0.29) is 10.8 Å². The van der Waals surface area contributed by atoms with Crippen molar-refractivity contribution in [1.82, 2.24) is 9.29 Å². The van der Waals surface area contributed by atoms with Gasteiger partial charge in [-0.1, -0.05) is 61.1 Å². The fourth-order valence-electron chi connectivity index (χ4n) is 3.79. The van der Waals surface area contributed by atoms with Crippen molar-refractivity contribution < 1.29 is 13.2 Å². The van der Waals surface area contributed by atoms with Crippen molar-refractivity contribution in [2.75, 3.05) is 24.7 Å². The van der Waals surface area contributed by atoms with E-state index in [9.17, 15) is 13.2 Å². The topological polar surface area (TPSA) is 70.6 Å². The number of hydrogen-bond donors (Lipinski definition) is 0. The van der Waals surface area contributed by atoms with Crippen molar-refractivity contribution in [2.45, 2.75) is 36.1 Å². The number of hydrogen-bond acceptors (Lipinski definition) is 6. The summed E-state index contributed by atoms with van der Waals surface area (Å²) in [7, 11) is -2.02. The maximum Gasteiger partial charge on any atom is 0.260 e. The molecule has 0 N–H and O–H groups in total. The zero-order valence-corrected chi connectivity index (χ0v) is 23.0. The number of nitrogens with zero attached hydrogens (tertiary/aromatic N) is 3. The maximum atomic E-state index is 13.7. The minimum Gasteiger partial charge on any atom is -0.279 e. The molecule has 1 aromatic heterocycles. The summed E-state index contributed by atoms with van der Waals surface area (Å²) >= 11 is 3.10. The summed E-state index contributed by atoms with van der Waals surface area (Å²) in [4.78, 5) is 21.5. The lowest BCUT2D eigenvalue weighted by Crippen LogP contribution is -2.30. The molecule has 4 aromatic rings. The molecule has 0 unspecified atom stereocenters. The van der Waals surface area contributed by atoms with Crippen molar-refractivity contribution >= 4 is 54.4 Å². The number of thioether (sulfide) groups is 1. The number of sulfonamides is 1. The van der Waals surface area contributed by atoms with Crippen LogP contribution in [0.3, 0.4) is 0 Å². The Labute approximate surface area is 221 Å². The lowest BCUT2D eigenvalue weighted by atomic mass is 10.1. The monoisotopic (exact) mass is 539 g/mol. The summed E-state index contributed by atoms with van der Waals surface area (Å²) in [6.07, 6.45) is 3.71. The zero-order valence-electron chi connectivity index (χ0n) is 20.5. The highest BCUT2D eigenvalue weighted by molar-refractivity contribution is 7.98. The number of thiazole rings is 1. The predicted molar refractivity (Wildman–Crippen MR) is 150 cm³/mol. The molecular weight excluding hydrogens is 511 g/mol. The Morgan fingerprint density at radius 1 is 1.00 bits per heavy atom. The highest BCUT2D eigenvalue weighted by Gasteiger charge is 2.24. The molecule has 0 saturated carbocycles. The summed E-state index contributed by atoms with van der Waals surface area (Å²) < 4.78 is 28.2. The lowest BCUT2D eigenvalue weighted by molar-refractivity contribution is 0.0985. The molecule has 6 nitrogen and oxygen atoms in total. The van der Waals surface area contributed by atoms with Gasteiger partial charge in [0.05, 0.1) is 21.7 Å². The van der Waals surface area contributed by atoms with Crippen LogP contribution in [0.2, 0.25) is 0 Å². The van der Waals surface area contributed by atoms with Gasteiger partial charge in [0.25, 0.3) is 5.91 Å². The molecule has 0 saturated heterocycles. The van der Waals surface area contributed by atoms with Crippen molar-refractivity contribution in [3.63, 3.8) is 0 Å². The van der Waals surface area contributed by atoms with Crippen LogP contribution in [0.15, 0.2) is 82.6 Å². The van der Waals surface area contributed by atoms with E-state index in [1.54, 1.807) is 35.8 Å². The predicted octanol–water partition coefficient (Wildman–Crippen LogP) is 6.29. The molecule has 4 rings (SSSR count). The van der Waals surface area contributed by atoms with Gasteiger partial charge >= 0.3 is 0 Å². The second kappa shape index (κ2) is 11.6. The van der Waals surface area contributed by atoms with Crippen LogP contribution in [0.25, 0.3) is 10.2 Å². The van der Waals surface area contributed by atoms with Gasteiger partial charge in [-0.05, 0) is 54.6 Å². The van der Waals surface area contributed by atoms with E-state index in [0.717, 1.165) is 33.5 Å². The maximum absolute atomic E-state index is 13.7. The van der Waals surface area contributed by atoms with Gasteiger partial charge in [0.1, 0.15) is 0 Å². The summed E-state index contributed by atoms with van der Waals surface area (Å²) in [6.45, 7) is 2.84. The molecule has 3 aromatic carbocycles. The Bertz CT molecular complexity index is 1440. The lowest BCUT2D eigenvalue weighted by Gasteiger charge is -2.21. The van der Waals surface area contributed by atoms with Crippen LogP contribution in [-0.4, -0.2) is 43.5 Å². The number of fused-ring (bicyclic) bond motifs is 1. The van der Waals surface area contributed by atoms with Gasteiger partial charge in [0.2, 0.25) is 10.0 Å². The second-order valence-corrected chi connectivity index (χ2v) is 12.3. The number of benzene rings is 3. The third-order valence-corrected chi connectivity index (χ3v) is 9.57. The van der Waals surface area contributed by atoms with Gasteiger partial charge in [-0.3, -0.25) is 9.69 Å². The summed E-state index contributed by atoms with van der Waals surface area (Å²) in [5, 5.41) is 0.608. The Morgan fingerprint density at radius 2 is 1.72 bits per heavy atom. The zero-order chi connectivity index (χ0) is 25.7. The molecule has 188 valence electrons. The van der Waals surface area contributed by atoms with E-state index in [1.165, 1.54) is 27.8 Å². The van der Waals surface area contributed by atoms with E-state index < -0.39 is 10.0 Å². The fourth-order valence-corrected chi connectivity index (χ4v) is 6.62. The minimum atomic E-state index is -3.60. The average molecular weight is 540 g/mol. The first-order valence-corrected chi connectivity index (χ1v) is 15.2. The first-order chi connectivity index (χ1) is 17.3. The molecule has 9 heteroatoms. The Kier molecular flexibility index (Phi) is 8.46. The molecule has 36 heavy (non-hydrogen) atoms. The number of aromatic nitrogens is 1. The number of carbonyl (C=O) groups excluding carboxylic acids is 1. The molecule has 0 fully saturated rings. The Hall–Kier alpha value is -2.72. The molecule has 0 aliphatic heterocycles. The van der Waals surface area contributed by atoms with Crippen molar-refractivity contribution in [3.05, 3.63) is 83.9 Å². The molecule has 0 bridgehead atoms. The third kappa shape index (κ3) is 5.64. The van der Waals surface area contributed by atoms with E-state index in [4.69, 9.17) is 4.98 Å². The molecule has 0 aliphatic carbocycles. The first-order valence-electron chi connectivity index (χ1n) is 11.7. The van der Waals surface area contributed by atoms with Gasteiger partial charge in [0.15, 0.2) is 5.13 Å². The van der Waals surface area contributed by atoms with Crippen LogP contribution in [-0.2, 0) is 16.6 Å². The largest absolute Gasteiger partial charge is 0.279 e. The second-order valence-electron chi connectivity index (χ2n) is 8.38. The van der Waals surface area contributed by atoms with Crippen molar-refractivity contribution in [3.8, 4) is 0 Å². The summed E-state index contributed by atoms with van der Waals surface area (Å²) in [5.41, 5.74) is 2.27. The smallest absolute Gasteiger partial charge is 0.260 e. The number of amides is 1. The third-order valence-electron chi connectivity index (χ3n) is 5.89. The molecule has 0 spiro atoms. The Morgan fingerprint density at radius 3 is 2.39 bits per heavy atom. The quantitative estimate of drug-likeness (QED) is 0.222. The first kappa shape index (κ1) is 26.3. The van der Waals surface area contributed by atoms with Crippen LogP contribution in [0.5, 0.6) is 0 Å². The average Bonchev–Trinajstić information content (AvgIpc) is 3.34. The van der Waals surface area contributed by atoms with E-state index in [0.29, 0.717) is 23.8 Å². The van der Waals surface area contributed by atoms with E-state index >= 15 is 0 Å². The number of carbonyl (C=O) groups is 1. The van der Waals surface area contributed by atoms with Gasteiger partial charge in [-0.2, -0.15) is 0 Å². The minimum absolute atomic E-state index is 0.178. The number of anilines is 1. The molecule has 1 amide bonds. The Balaban J connectivity index is 1.68. The normalized spacial score (nSPS) is 11.8. The fraction of sp³-hybridized carbons (Fsp3) is 0.259. The molecule has 0 aliphatic rings. The highest BCUT2D eigenvalue weighted by atomic mass is 32.2. The standard InChI is InChI=1S/C27H29N3O3S3/c1-4-5-18-29(2)36(32,33)22-16-14-21(15-17-22)26(31)30(19-20-10-7-6-8-11-20)27-28-25-23(34-3)12-9-13-24(25)35-27/h6-17H,4-5,18-19H2,1-3H3. The van der Waals surface area contributed by atoms with Gasteiger partial charge < -0.3 is 0 Å². The van der Waals surface area contributed by atoms with Gasteiger partial charge in [-0.25, -0.2) is 17.7 Å². The van der Waals surface area contributed by atoms with Crippen molar-refractivity contribution in [2.24, 2.45) is 0 Å². The van der Waals surface area contributed by atoms with E-state index in [1.807, 2.05) is 61.7 Å². The number of unbranched alkanes of at least 4 members (excludes halogenated alkanes) is 1. The SMILES string of the molecule is CCCCN(C)S(=O)(=O)c1ccc(C(=O)N(Cc2ccccc2)c2nc3c(SC)cccc3s2)cc1. The molecule has 1 heterocycles. The van der Waals surface area contributed by atoms with Gasteiger partial charge in [-0.15, -0.1) is 11.8 Å². The molecule has 0 atom stereocenters. The van der Waals surface area contributed by atoms with Crippen LogP contribution in [0.4, 0.5) is 5.13 Å². The number of para-hydroxylation sites is 1. The molecular formula is C27H29N3O3S3.